The van der Waals surface area contributed by atoms with Gasteiger partial charge in [0.05, 0.1) is 0 Å². The lowest BCUT2D eigenvalue weighted by Gasteiger charge is -2.06. The van der Waals surface area contributed by atoms with Crippen molar-refractivity contribution < 1.29 is 19.4 Å². The van der Waals surface area contributed by atoms with Gasteiger partial charge in [-0.1, -0.05) is 18.2 Å². The second-order valence-electron chi connectivity index (χ2n) is 2.74. The summed E-state index contributed by atoms with van der Waals surface area (Å²) in [5.74, 6) is -0.724. The van der Waals surface area contributed by atoms with E-state index in [4.69, 9.17) is 9.84 Å². The van der Waals surface area contributed by atoms with Gasteiger partial charge < -0.3 is 14.6 Å². The van der Waals surface area contributed by atoms with Crippen LogP contribution in [0.25, 0.3) is 0 Å². The van der Waals surface area contributed by atoms with E-state index in [-0.39, 0.29) is 13.2 Å². The molecule has 1 aromatic rings. The Kier molecular flexibility index (Phi) is 4.22. The van der Waals surface area contributed by atoms with Crippen LogP contribution in [0.5, 0.6) is 5.75 Å². The number of esters is 1. The summed E-state index contributed by atoms with van der Waals surface area (Å²) >= 11 is 0. The molecule has 4 nitrogen and oxygen atoms in total. The molecule has 0 saturated heterocycles. The van der Waals surface area contributed by atoms with Gasteiger partial charge in [0.2, 0.25) is 0 Å². The smallest absolute Gasteiger partial charge is 0.372 e. The summed E-state index contributed by atoms with van der Waals surface area (Å²) in [6, 6.07) is 9.16. The number of rotatable bonds is 5. The first-order chi connectivity index (χ1) is 7.20. The number of para-hydroxylation sites is 1. The van der Waals surface area contributed by atoms with Crippen LogP contribution >= 0.6 is 0 Å². The molecule has 1 aromatic carbocycles. The van der Waals surface area contributed by atoms with E-state index in [1.54, 1.807) is 12.1 Å². The number of benzene rings is 1. The maximum Gasteiger partial charge on any atom is 0.372 e. The molecule has 0 aliphatic heterocycles. The molecule has 4 heteroatoms. The summed E-state index contributed by atoms with van der Waals surface area (Å²) in [5, 5.41) is 8.63. The van der Waals surface area contributed by atoms with Crippen LogP contribution < -0.4 is 4.74 Å². The zero-order valence-electron chi connectivity index (χ0n) is 8.18. The first-order valence-electron chi connectivity index (χ1n) is 4.43. The molecule has 0 aromatic heterocycles. The number of hydrogen-bond acceptors (Lipinski definition) is 4. The lowest BCUT2D eigenvalue weighted by atomic mass is 10.3. The maximum atomic E-state index is 10.7. The lowest BCUT2D eigenvalue weighted by Crippen LogP contribution is -2.13. The van der Waals surface area contributed by atoms with Crippen LogP contribution in [-0.4, -0.2) is 24.3 Å². The number of aliphatic hydroxyl groups excluding tert-OH is 1. The summed E-state index contributed by atoms with van der Waals surface area (Å²) in [7, 11) is 0. The zero-order chi connectivity index (χ0) is 11.1. The van der Waals surface area contributed by atoms with Crippen molar-refractivity contribution in [1.82, 2.24) is 0 Å². The van der Waals surface area contributed by atoms with Crippen LogP contribution in [0.4, 0.5) is 0 Å². The van der Waals surface area contributed by atoms with Crippen molar-refractivity contribution in [2.24, 2.45) is 0 Å². The minimum atomic E-state index is -0.827. The molecule has 0 bridgehead atoms. The standard InChI is InChI=1S/C11H12O4/c1-9(12)11(13)15-8-7-14-10-5-3-2-4-6-10/h2-6,12H,1,7-8H2. The normalized spacial score (nSPS) is 9.33. The summed E-state index contributed by atoms with van der Waals surface area (Å²) in [6.45, 7) is 3.35. The SMILES string of the molecule is C=C(O)C(=O)OCCOc1ccccc1. The van der Waals surface area contributed by atoms with E-state index >= 15 is 0 Å². The molecule has 0 saturated carbocycles. The fourth-order valence-electron chi connectivity index (χ4n) is 0.894. The summed E-state index contributed by atoms with van der Waals surface area (Å²) < 4.78 is 9.86. The predicted molar refractivity (Wildman–Crippen MR) is 54.7 cm³/mol. The Hall–Kier alpha value is -1.97. The predicted octanol–water partition coefficient (Wildman–Crippen LogP) is 1.68. The summed E-state index contributed by atoms with van der Waals surface area (Å²) in [5.41, 5.74) is 0. The van der Waals surface area contributed by atoms with Crippen molar-refractivity contribution in [3.63, 3.8) is 0 Å². The van der Waals surface area contributed by atoms with Crippen molar-refractivity contribution in [1.29, 1.82) is 0 Å². The number of carbonyl (C=O) groups is 1. The van der Waals surface area contributed by atoms with E-state index in [0.717, 1.165) is 0 Å². The van der Waals surface area contributed by atoms with E-state index in [2.05, 4.69) is 11.3 Å². The van der Waals surface area contributed by atoms with Crippen molar-refractivity contribution in [3.8, 4) is 5.75 Å². The van der Waals surface area contributed by atoms with Crippen LogP contribution in [0, 0.1) is 0 Å². The van der Waals surface area contributed by atoms with Crippen molar-refractivity contribution in [3.05, 3.63) is 42.7 Å². The van der Waals surface area contributed by atoms with Crippen LogP contribution in [0.15, 0.2) is 42.7 Å². The van der Waals surface area contributed by atoms with Gasteiger partial charge in [0.15, 0.2) is 5.76 Å². The number of hydrogen-bond donors (Lipinski definition) is 1. The Balaban J connectivity index is 2.18. The molecule has 0 aliphatic carbocycles. The highest BCUT2D eigenvalue weighted by Gasteiger charge is 2.04. The Morgan fingerprint density at radius 2 is 1.93 bits per heavy atom. The molecule has 0 atom stereocenters. The van der Waals surface area contributed by atoms with E-state index in [9.17, 15) is 4.79 Å². The fourth-order valence-corrected chi connectivity index (χ4v) is 0.894. The molecule has 0 spiro atoms. The minimum absolute atomic E-state index is 0.0767. The highest BCUT2D eigenvalue weighted by molar-refractivity contribution is 5.84. The molecule has 0 fully saturated rings. The largest absolute Gasteiger partial charge is 0.502 e. The molecule has 80 valence electrons. The maximum absolute atomic E-state index is 10.7. The molecule has 0 unspecified atom stereocenters. The quantitative estimate of drug-likeness (QED) is 0.346. The second-order valence-corrected chi connectivity index (χ2v) is 2.74. The minimum Gasteiger partial charge on any atom is -0.502 e. The van der Waals surface area contributed by atoms with Crippen LogP contribution in [0.2, 0.25) is 0 Å². The molecular weight excluding hydrogens is 196 g/mol. The molecule has 0 amide bonds. The van der Waals surface area contributed by atoms with E-state index in [0.29, 0.717) is 5.75 Å². The Morgan fingerprint density at radius 1 is 1.27 bits per heavy atom. The van der Waals surface area contributed by atoms with Crippen molar-refractivity contribution in [2.75, 3.05) is 13.2 Å². The average Bonchev–Trinajstić information content (AvgIpc) is 2.25. The molecule has 1 N–H and O–H groups in total. The van der Waals surface area contributed by atoms with Gasteiger partial charge in [-0.3, -0.25) is 0 Å². The van der Waals surface area contributed by atoms with Gasteiger partial charge in [-0.15, -0.1) is 0 Å². The average molecular weight is 208 g/mol. The van der Waals surface area contributed by atoms with Crippen molar-refractivity contribution >= 4 is 5.97 Å². The highest BCUT2D eigenvalue weighted by atomic mass is 16.6. The van der Waals surface area contributed by atoms with Gasteiger partial charge in [-0.25, -0.2) is 4.79 Å². The van der Waals surface area contributed by atoms with E-state index < -0.39 is 11.7 Å². The molecular formula is C11H12O4. The topological polar surface area (TPSA) is 55.8 Å². The van der Waals surface area contributed by atoms with Crippen LogP contribution in [0.3, 0.4) is 0 Å². The Bertz CT molecular complexity index is 332. The highest BCUT2D eigenvalue weighted by Crippen LogP contribution is 2.07. The van der Waals surface area contributed by atoms with Crippen LogP contribution in [0.1, 0.15) is 0 Å². The fraction of sp³-hybridized carbons (Fsp3) is 0.182. The van der Waals surface area contributed by atoms with Gasteiger partial charge in [-0.2, -0.15) is 0 Å². The first-order valence-corrected chi connectivity index (χ1v) is 4.43. The lowest BCUT2D eigenvalue weighted by molar-refractivity contribution is -0.142. The summed E-state index contributed by atoms with van der Waals surface area (Å²) in [4.78, 5) is 10.7. The van der Waals surface area contributed by atoms with Gasteiger partial charge in [0.1, 0.15) is 19.0 Å². The molecule has 15 heavy (non-hydrogen) atoms. The zero-order valence-corrected chi connectivity index (χ0v) is 8.18. The summed E-state index contributed by atoms with van der Waals surface area (Å²) in [6.07, 6.45) is 0. The van der Waals surface area contributed by atoms with Crippen molar-refractivity contribution in [2.45, 2.75) is 0 Å². The van der Waals surface area contributed by atoms with Gasteiger partial charge >= 0.3 is 5.97 Å². The van der Waals surface area contributed by atoms with Gasteiger partial charge in [0.25, 0.3) is 0 Å². The molecule has 0 aliphatic rings. The Labute approximate surface area is 87.7 Å². The third-order valence-corrected chi connectivity index (χ3v) is 1.56. The third kappa shape index (κ3) is 4.17. The van der Waals surface area contributed by atoms with E-state index in [1.165, 1.54) is 0 Å². The molecule has 0 radical (unpaired) electrons. The molecule has 0 heterocycles. The monoisotopic (exact) mass is 208 g/mol. The number of aliphatic hydroxyl groups is 1. The number of carbonyl (C=O) groups excluding carboxylic acids is 1. The molecule has 1 rings (SSSR count). The third-order valence-electron chi connectivity index (χ3n) is 1.56. The van der Waals surface area contributed by atoms with E-state index in [1.807, 2.05) is 18.2 Å². The van der Waals surface area contributed by atoms with Gasteiger partial charge in [-0.05, 0) is 18.7 Å². The first kappa shape index (κ1) is 11.1. The van der Waals surface area contributed by atoms with Crippen LogP contribution in [-0.2, 0) is 9.53 Å². The van der Waals surface area contributed by atoms with Gasteiger partial charge in [0, 0.05) is 0 Å². The Morgan fingerprint density at radius 3 is 2.53 bits per heavy atom. The number of ether oxygens (including phenoxy) is 2. The second kappa shape index (κ2) is 5.70.